The zero-order chi connectivity index (χ0) is 24.9. The van der Waals surface area contributed by atoms with E-state index in [0.29, 0.717) is 40.7 Å². The molecular formula is C25H28F3N5O2. The van der Waals surface area contributed by atoms with E-state index >= 15 is 0 Å². The Balaban J connectivity index is 1.54. The molecule has 1 saturated carbocycles. The smallest absolute Gasteiger partial charge is 0.368 e. The number of hydrogen-bond donors (Lipinski definition) is 2. The summed E-state index contributed by atoms with van der Waals surface area (Å²) in [5.41, 5.74) is 0.190. The highest BCUT2D eigenvalue weighted by Gasteiger charge is 2.33. The zero-order valence-corrected chi connectivity index (χ0v) is 19.7. The third-order valence-electron chi connectivity index (χ3n) is 7.07. The van der Waals surface area contributed by atoms with Crippen molar-refractivity contribution in [3.05, 3.63) is 67.4 Å². The first-order valence-corrected chi connectivity index (χ1v) is 12.0. The van der Waals surface area contributed by atoms with E-state index in [4.69, 9.17) is 0 Å². The third-order valence-corrected chi connectivity index (χ3v) is 7.07. The molecule has 5 rings (SSSR count). The van der Waals surface area contributed by atoms with Crippen LogP contribution < -0.4 is 21.8 Å². The average molecular weight is 488 g/mol. The van der Waals surface area contributed by atoms with Crippen LogP contribution >= 0.6 is 0 Å². The number of fused-ring (bicyclic) bond motifs is 1. The second-order valence-electron chi connectivity index (χ2n) is 9.47. The summed E-state index contributed by atoms with van der Waals surface area (Å²) in [5, 5.41) is 11.9. The van der Waals surface area contributed by atoms with Gasteiger partial charge in [0.1, 0.15) is 0 Å². The summed E-state index contributed by atoms with van der Waals surface area (Å²) in [4.78, 5) is 26.6. The number of nitrogens with zero attached hydrogens (tertiary/aromatic N) is 3. The Kier molecular flexibility index (Phi) is 5.94. The van der Waals surface area contributed by atoms with Gasteiger partial charge in [-0.05, 0) is 62.8 Å². The summed E-state index contributed by atoms with van der Waals surface area (Å²) >= 11 is 0. The Bertz CT molecular complexity index is 1400. The molecule has 35 heavy (non-hydrogen) atoms. The van der Waals surface area contributed by atoms with Crippen LogP contribution in [0.5, 0.6) is 0 Å². The maximum Gasteiger partial charge on any atom is 0.416 e. The van der Waals surface area contributed by atoms with Crippen molar-refractivity contribution < 1.29 is 13.2 Å². The van der Waals surface area contributed by atoms with Crippen LogP contribution in [0.3, 0.4) is 0 Å². The Hall–Kier alpha value is -3.14. The van der Waals surface area contributed by atoms with Gasteiger partial charge in [-0.25, -0.2) is 4.68 Å². The van der Waals surface area contributed by atoms with Crippen molar-refractivity contribution in [2.45, 2.75) is 57.3 Å². The number of rotatable bonds is 6. The Morgan fingerprint density at radius 3 is 2.60 bits per heavy atom. The van der Waals surface area contributed by atoms with Crippen LogP contribution in [0.25, 0.3) is 10.8 Å². The fourth-order valence-corrected chi connectivity index (χ4v) is 5.06. The second-order valence-corrected chi connectivity index (χ2v) is 9.47. The lowest BCUT2D eigenvalue weighted by atomic mass is 9.99. The number of benzene rings is 1. The lowest BCUT2D eigenvalue weighted by molar-refractivity contribution is -0.138. The number of alkyl halides is 3. The summed E-state index contributed by atoms with van der Waals surface area (Å²) in [6.07, 6.45) is 1.21. The highest BCUT2D eigenvalue weighted by molar-refractivity contribution is 5.93. The van der Waals surface area contributed by atoms with Crippen molar-refractivity contribution in [1.82, 2.24) is 19.7 Å². The van der Waals surface area contributed by atoms with E-state index in [1.165, 1.54) is 17.7 Å². The van der Waals surface area contributed by atoms with Crippen LogP contribution in [0.15, 0.2) is 34.0 Å². The molecule has 2 N–H and O–H groups in total. The van der Waals surface area contributed by atoms with Crippen LogP contribution in [0.1, 0.15) is 60.0 Å². The summed E-state index contributed by atoms with van der Waals surface area (Å²) in [6.45, 7) is 2.59. The van der Waals surface area contributed by atoms with Crippen molar-refractivity contribution in [3.63, 3.8) is 0 Å². The largest absolute Gasteiger partial charge is 0.416 e. The molecule has 2 aromatic heterocycles. The molecule has 7 nitrogen and oxygen atoms in total. The third kappa shape index (κ3) is 4.35. The van der Waals surface area contributed by atoms with Crippen molar-refractivity contribution in [3.8, 4) is 0 Å². The summed E-state index contributed by atoms with van der Waals surface area (Å²) in [6, 6.07) is 4.13. The Morgan fingerprint density at radius 1 is 1.17 bits per heavy atom. The van der Waals surface area contributed by atoms with Crippen LogP contribution in [-0.4, -0.2) is 27.4 Å². The molecule has 0 bridgehead atoms. The standard InChI is InChI=1S/C25H28F3N5O2/c1-14-15(5-3-6-18(14)25(26,27)28)10-12-30-22-17-13-33(16-8-9-16)24(35)21(19-7-4-11-29-19)20(17)23(34)32(2)31-22/h3,5-6,13,16,19,29H,4,7-12H2,1-2H3,(H,30,31)/t19-/m1/s1. The Labute approximate surface area is 200 Å². The molecule has 3 aromatic rings. The first-order valence-electron chi connectivity index (χ1n) is 12.0. The molecule has 0 unspecified atom stereocenters. The minimum Gasteiger partial charge on any atom is -0.368 e. The Morgan fingerprint density at radius 2 is 1.94 bits per heavy atom. The van der Waals surface area contributed by atoms with E-state index in [1.807, 2.05) is 0 Å². The molecule has 1 atom stereocenters. The fourth-order valence-electron chi connectivity index (χ4n) is 5.06. The van der Waals surface area contributed by atoms with Gasteiger partial charge in [0.2, 0.25) is 0 Å². The number of aromatic nitrogens is 3. The van der Waals surface area contributed by atoms with Crippen molar-refractivity contribution >= 4 is 16.6 Å². The van der Waals surface area contributed by atoms with E-state index in [-0.39, 0.29) is 28.8 Å². The molecule has 186 valence electrons. The van der Waals surface area contributed by atoms with E-state index in [9.17, 15) is 22.8 Å². The normalized spacial score (nSPS) is 18.4. The van der Waals surface area contributed by atoms with Gasteiger partial charge in [0, 0.05) is 42.8 Å². The van der Waals surface area contributed by atoms with E-state index in [2.05, 4.69) is 15.7 Å². The SMILES string of the molecule is Cc1c(CCNc2nn(C)c(=O)c3c([C@H]4CCCN4)c(=O)n(C4CC4)cc23)cccc1C(F)(F)F. The molecule has 3 heterocycles. The molecule has 0 radical (unpaired) electrons. The van der Waals surface area contributed by atoms with Crippen LogP contribution in [0.2, 0.25) is 0 Å². The minimum atomic E-state index is -4.40. The molecule has 2 aliphatic rings. The van der Waals surface area contributed by atoms with E-state index in [1.54, 1.807) is 23.9 Å². The number of nitrogens with one attached hydrogen (secondary N) is 2. The van der Waals surface area contributed by atoms with Gasteiger partial charge in [-0.1, -0.05) is 12.1 Å². The maximum absolute atomic E-state index is 13.4. The quantitative estimate of drug-likeness (QED) is 0.552. The molecule has 1 aliphatic carbocycles. The van der Waals surface area contributed by atoms with Gasteiger partial charge in [0.25, 0.3) is 11.1 Å². The van der Waals surface area contributed by atoms with Crippen LogP contribution in [0.4, 0.5) is 19.0 Å². The highest BCUT2D eigenvalue weighted by Crippen LogP contribution is 2.36. The molecule has 1 saturated heterocycles. The minimum absolute atomic E-state index is 0.122. The summed E-state index contributed by atoms with van der Waals surface area (Å²) in [5.74, 6) is 0.445. The van der Waals surface area contributed by atoms with Gasteiger partial charge in [-0.2, -0.15) is 18.3 Å². The molecule has 0 spiro atoms. The molecule has 2 fully saturated rings. The molecular weight excluding hydrogens is 459 g/mol. The molecule has 10 heteroatoms. The van der Waals surface area contributed by atoms with Crippen molar-refractivity contribution in [2.24, 2.45) is 7.05 Å². The number of anilines is 1. The molecule has 1 aliphatic heterocycles. The number of pyridine rings is 1. The van der Waals surface area contributed by atoms with Crippen LogP contribution in [0, 0.1) is 6.92 Å². The average Bonchev–Trinajstić information content (AvgIpc) is 3.50. The second kappa shape index (κ2) is 8.82. The maximum atomic E-state index is 13.4. The van der Waals surface area contributed by atoms with Crippen LogP contribution in [-0.2, 0) is 19.6 Å². The summed E-state index contributed by atoms with van der Waals surface area (Å²) in [7, 11) is 1.54. The predicted molar refractivity (Wildman–Crippen MR) is 128 cm³/mol. The van der Waals surface area contributed by atoms with Gasteiger partial charge >= 0.3 is 6.18 Å². The van der Waals surface area contributed by atoms with E-state index < -0.39 is 11.7 Å². The van der Waals surface area contributed by atoms with Gasteiger partial charge in [-0.3, -0.25) is 9.59 Å². The zero-order valence-electron chi connectivity index (χ0n) is 19.7. The predicted octanol–water partition coefficient (Wildman–Crippen LogP) is 3.84. The highest BCUT2D eigenvalue weighted by atomic mass is 19.4. The van der Waals surface area contributed by atoms with Crippen molar-refractivity contribution in [1.29, 1.82) is 0 Å². The van der Waals surface area contributed by atoms with Gasteiger partial charge < -0.3 is 15.2 Å². The first kappa shape index (κ1) is 23.6. The molecule has 0 amide bonds. The fraction of sp³-hybridized carbons (Fsp3) is 0.480. The number of aryl methyl sites for hydroxylation is 1. The van der Waals surface area contributed by atoms with Gasteiger partial charge in [-0.15, -0.1) is 0 Å². The lowest BCUT2D eigenvalue weighted by Gasteiger charge is -2.19. The van der Waals surface area contributed by atoms with Crippen molar-refractivity contribution in [2.75, 3.05) is 18.4 Å². The lowest BCUT2D eigenvalue weighted by Crippen LogP contribution is -2.33. The number of halogens is 3. The monoisotopic (exact) mass is 487 g/mol. The topological polar surface area (TPSA) is 81.0 Å². The molecule has 1 aromatic carbocycles. The van der Waals surface area contributed by atoms with E-state index in [0.717, 1.165) is 38.3 Å². The van der Waals surface area contributed by atoms with Gasteiger partial charge in [0.15, 0.2) is 5.82 Å². The van der Waals surface area contributed by atoms with Gasteiger partial charge in [0.05, 0.1) is 10.9 Å². The number of hydrogen-bond acceptors (Lipinski definition) is 5. The first-order chi connectivity index (χ1) is 16.7. The summed E-state index contributed by atoms with van der Waals surface area (Å²) < 4.78 is 42.8.